The molecule has 9 heteroatoms. The second-order valence-corrected chi connectivity index (χ2v) is 6.13. The molecule has 0 amide bonds. The number of nitro benzene ring substituents is 1. The quantitative estimate of drug-likeness (QED) is 0.339. The van der Waals surface area contributed by atoms with E-state index < -0.39 is 17.5 Å². The molecule has 0 bridgehead atoms. The average molecular weight is 402 g/mol. The summed E-state index contributed by atoms with van der Waals surface area (Å²) in [6.07, 6.45) is 0. The zero-order valence-corrected chi connectivity index (χ0v) is 15.6. The SMILES string of the molecule is Cc1nn(-c2ccccc2)c(Cl)c1COC(=O)COc1ccccc1[N+](=O)[O-]. The summed E-state index contributed by atoms with van der Waals surface area (Å²) >= 11 is 6.38. The Balaban J connectivity index is 1.63. The fraction of sp³-hybridized carbons (Fsp3) is 0.158. The summed E-state index contributed by atoms with van der Waals surface area (Å²) in [7, 11) is 0. The van der Waals surface area contributed by atoms with Crippen LogP contribution >= 0.6 is 11.6 Å². The lowest BCUT2D eigenvalue weighted by Gasteiger charge is -2.07. The topological polar surface area (TPSA) is 96.5 Å². The highest BCUT2D eigenvalue weighted by molar-refractivity contribution is 6.30. The van der Waals surface area contributed by atoms with Crippen molar-refractivity contribution in [2.24, 2.45) is 0 Å². The predicted molar refractivity (Wildman–Crippen MR) is 102 cm³/mol. The summed E-state index contributed by atoms with van der Waals surface area (Å²) in [5.41, 5.74) is 1.76. The van der Waals surface area contributed by atoms with Gasteiger partial charge >= 0.3 is 11.7 Å². The number of ether oxygens (including phenoxy) is 2. The molecule has 0 aliphatic rings. The van der Waals surface area contributed by atoms with Gasteiger partial charge in [-0.2, -0.15) is 5.10 Å². The van der Waals surface area contributed by atoms with Gasteiger partial charge in [0.05, 0.1) is 16.3 Å². The Hall–Kier alpha value is -3.39. The van der Waals surface area contributed by atoms with Crippen LogP contribution in [0.4, 0.5) is 5.69 Å². The van der Waals surface area contributed by atoms with Crippen molar-refractivity contribution in [3.63, 3.8) is 0 Å². The molecular formula is C19H16ClN3O5. The molecule has 0 radical (unpaired) electrons. The van der Waals surface area contributed by atoms with Crippen molar-refractivity contribution in [1.82, 2.24) is 9.78 Å². The van der Waals surface area contributed by atoms with Gasteiger partial charge in [0.25, 0.3) is 0 Å². The fourth-order valence-electron chi connectivity index (χ4n) is 2.50. The number of nitrogens with zero attached hydrogens (tertiary/aromatic N) is 3. The molecule has 0 spiro atoms. The van der Waals surface area contributed by atoms with Crippen molar-refractivity contribution < 1.29 is 19.2 Å². The number of esters is 1. The molecular weight excluding hydrogens is 386 g/mol. The molecule has 1 heterocycles. The first-order chi connectivity index (χ1) is 13.5. The lowest BCUT2D eigenvalue weighted by molar-refractivity contribution is -0.385. The molecule has 144 valence electrons. The van der Waals surface area contributed by atoms with E-state index in [1.807, 2.05) is 30.3 Å². The largest absolute Gasteiger partial charge is 0.475 e. The van der Waals surface area contributed by atoms with Crippen molar-refractivity contribution in [2.75, 3.05) is 6.61 Å². The molecule has 0 aliphatic heterocycles. The second-order valence-electron chi connectivity index (χ2n) is 5.78. The lowest BCUT2D eigenvalue weighted by atomic mass is 10.3. The smallest absolute Gasteiger partial charge is 0.344 e. The number of nitro groups is 1. The highest BCUT2D eigenvalue weighted by atomic mass is 35.5. The number of carbonyl (C=O) groups excluding carboxylic acids is 1. The minimum Gasteiger partial charge on any atom is -0.475 e. The molecule has 1 aromatic heterocycles. The van der Waals surface area contributed by atoms with Crippen LogP contribution in [0.3, 0.4) is 0 Å². The van der Waals surface area contributed by atoms with Crippen molar-refractivity contribution in [3.05, 3.63) is 81.1 Å². The van der Waals surface area contributed by atoms with Crippen molar-refractivity contribution >= 4 is 23.3 Å². The van der Waals surface area contributed by atoms with Gasteiger partial charge in [0.2, 0.25) is 0 Å². The highest BCUT2D eigenvalue weighted by Gasteiger charge is 2.18. The van der Waals surface area contributed by atoms with Crippen LogP contribution in [-0.4, -0.2) is 27.3 Å². The standard InChI is InChI=1S/C19H16ClN3O5/c1-13-15(19(20)22(21-13)14-7-3-2-4-8-14)11-28-18(24)12-27-17-10-6-5-9-16(17)23(25)26/h2-10H,11-12H2,1H3. The van der Waals surface area contributed by atoms with Gasteiger partial charge in [-0.1, -0.05) is 41.9 Å². The monoisotopic (exact) mass is 401 g/mol. The number of rotatable bonds is 7. The molecule has 0 atom stereocenters. The Morgan fingerprint density at radius 2 is 1.86 bits per heavy atom. The number of para-hydroxylation sites is 3. The van der Waals surface area contributed by atoms with E-state index in [0.717, 1.165) is 5.69 Å². The van der Waals surface area contributed by atoms with E-state index in [4.69, 9.17) is 21.1 Å². The number of aromatic nitrogens is 2. The van der Waals surface area contributed by atoms with Crippen LogP contribution in [0.5, 0.6) is 5.75 Å². The van der Waals surface area contributed by atoms with Crippen LogP contribution in [0, 0.1) is 17.0 Å². The third-order valence-corrected chi connectivity index (χ3v) is 4.30. The Morgan fingerprint density at radius 1 is 1.18 bits per heavy atom. The van der Waals surface area contributed by atoms with Crippen LogP contribution in [0.1, 0.15) is 11.3 Å². The van der Waals surface area contributed by atoms with E-state index in [0.29, 0.717) is 16.4 Å². The molecule has 3 aromatic rings. The van der Waals surface area contributed by atoms with E-state index in [-0.39, 0.29) is 18.0 Å². The normalized spacial score (nSPS) is 10.5. The van der Waals surface area contributed by atoms with Gasteiger partial charge in [0.1, 0.15) is 11.8 Å². The molecule has 0 saturated heterocycles. The van der Waals surface area contributed by atoms with E-state index in [1.165, 1.54) is 18.2 Å². The van der Waals surface area contributed by atoms with Crippen LogP contribution < -0.4 is 4.74 Å². The zero-order valence-electron chi connectivity index (χ0n) is 14.9. The maximum Gasteiger partial charge on any atom is 0.344 e. The Bertz CT molecular complexity index is 1000. The lowest BCUT2D eigenvalue weighted by Crippen LogP contribution is -2.15. The summed E-state index contributed by atoms with van der Waals surface area (Å²) in [4.78, 5) is 22.4. The molecule has 0 fully saturated rings. The van der Waals surface area contributed by atoms with Gasteiger partial charge in [-0.3, -0.25) is 10.1 Å². The van der Waals surface area contributed by atoms with Crippen LogP contribution in [0.15, 0.2) is 54.6 Å². The maximum absolute atomic E-state index is 12.0. The van der Waals surface area contributed by atoms with E-state index in [1.54, 1.807) is 17.7 Å². The average Bonchev–Trinajstić information content (AvgIpc) is 2.99. The summed E-state index contributed by atoms with van der Waals surface area (Å²) in [6.45, 7) is 1.21. The third-order valence-electron chi connectivity index (χ3n) is 3.91. The molecule has 8 nitrogen and oxygen atoms in total. The van der Waals surface area contributed by atoms with Crippen molar-refractivity contribution in [2.45, 2.75) is 13.5 Å². The molecule has 0 saturated carbocycles. The number of hydrogen-bond acceptors (Lipinski definition) is 6. The number of carbonyl (C=O) groups is 1. The Morgan fingerprint density at radius 3 is 2.57 bits per heavy atom. The minimum absolute atomic E-state index is 0.00411. The molecule has 0 N–H and O–H groups in total. The fourth-order valence-corrected chi connectivity index (χ4v) is 2.82. The van der Waals surface area contributed by atoms with E-state index in [9.17, 15) is 14.9 Å². The summed E-state index contributed by atoms with van der Waals surface area (Å²) in [6, 6.07) is 15.1. The van der Waals surface area contributed by atoms with Gasteiger partial charge < -0.3 is 9.47 Å². The van der Waals surface area contributed by atoms with Crippen LogP contribution in [0.2, 0.25) is 5.15 Å². The van der Waals surface area contributed by atoms with Gasteiger partial charge in [0, 0.05) is 11.6 Å². The first-order valence-electron chi connectivity index (χ1n) is 8.28. The Kier molecular flexibility index (Phi) is 5.90. The zero-order chi connectivity index (χ0) is 20.1. The molecule has 28 heavy (non-hydrogen) atoms. The summed E-state index contributed by atoms with van der Waals surface area (Å²) in [5, 5.41) is 15.7. The number of aryl methyl sites for hydroxylation is 1. The number of halogens is 1. The molecule has 3 rings (SSSR count). The first kappa shape index (κ1) is 19.4. The predicted octanol–water partition coefficient (Wildman–Crippen LogP) is 3.86. The van der Waals surface area contributed by atoms with Gasteiger partial charge in [-0.05, 0) is 25.1 Å². The van der Waals surface area contributed by atoms with E-state index >= 15 is 0 Å². The first-order valence-corrected chi connectivity index (χ1v) is 8.66. The highest BCUT2D eigenvalue weighted by Crippen LogP contribution is 2.26. The van der Waals surface area contributed by atoms with Crippen LogP contribution in [-0.2, 0) is 16.1 Å². The third kappa shape index (κ3) is 4.29. The number of hydrogen-bond donors (Lipinski definition) is 0. The molecule has 0 aliphatic carbocycles. The van der Waals surface area contributed by atoms with Crippen molar-refractivity contribution in [3.8, 4) is 11.4 Å². The van der Waals surface area contributed by atoms with Gasteiger partial charge in [0.15, 0.2) is 12.4 Å². The summed E-state index contributed by atoms with van der Waals surface area (Å²) < 4.78 is 12.0. The molecule has 2 aromatic carbocycles. The Labute approximate surface area is 165 Å². The number of benzene rings is 2. The maximum atomic E-state index is 12.0. The second kappa shape index (κ2) is 8.53. The van der Waals surface area contributed by atoms with Crippen molar-refractivity contribution in [1.29, 1.82) is 0 Å². The minimum atomic E-state index is -0.680. The van der Waals surface area contributed by atoms with Gasteiger partial charge in [-0.25, -0.2) is 9.48 Å². The molecule has 0 unspecified atom stereocenters. The van der Waals surface area contributed by atoms with Crippen LogP contribution in [0.25, 0.3) is 5.69 Å². The van der Waals surface area contributed by atoms with Gasteiger partial charge in [-0.15, -0.1) is 0 Å². The van der Waals surface area contributed by atoms with E-state index in [2.05, 4.69) is 5.10 Å². The summed E-state index contributed by atoms with van der Waals surface area (Å²) in [5.74, 6) is -0.684.